The van der Waals surface area contributed by atoms with Crippen molar-refractivity contribution in [3.63, 3.8) is 0 Å². The van der Waals surface area contributed by atoms with Gasteiger partial charge in [-0.1, -0.05) is 0 Å². The van der Waals surface area contributed by atoms with Gasteiger partial charge in [0.15, 0.2) is 0 Å². The highest BCUT2D eigenvalue weighted by Gasteiger charge is 2.46. The van der Waals surface area contributed by atoms with Crippen molar-refractivity contribution in [2.45, 2.75) is 43.6 Å². The van der Waals surface area contributed by atoms with Crippen LogP contribution in [0.2, 0.25) is 0 Å². The monoisotopic (exact) mass is 320 g/mol. The van der Waals surface area contributed by atoms with Gasteiger partial charge in [0.2, 0.25) is 5.91 Å². The molecule has 126 valence electrons. The summed E-state index contributed by atoms with van der Waals surface area (Å²) in [5.74, 6) is 0.325. The van der Waals surface area contributed by atoms with Crippen LogP contribution in [-0.4, -0.2) is 59.8 Å². The second-order valence-corrected chi connectivity index (χ2v) is 6.55. The first-order valence-corrected chi connectivity index (χ1v) is 8.16. The van der Waals surface area contributed by atoms with Crippen LogP contribution in [0, 0.1) is 0 Å². The van der Waals surface area contributed by atoms with Crippen molar-refractivity contribution < 1.29 is 14.3 Å². The Bertz CT molecular complexity index is 596. The lowest BCUT2D eigenvalue weighted by atomic mass is 9.92. The minimum Gasteiger partial charge on any atom is -0.382 e. The van der Waals surface area contributed by atoms with E-state index < -0.39 is 5.54 Å². The summed E-state index contributed by atoms with van der Waals surface area (Å²) in [6, 6.07) is 1.86. The van der Waals surface area contributed by atoms with Gasteiger partial charge in [-0.15, -0.1) is 0 Å². The Morgan fingerprint density at radius 3 is 2.96 bits per heavy atom. The van der Waals surface area contributed by atoms with E-state index in [1.165, 1.54) is 0 Å². The van der Waals surface area contributed by atoms with Crippen LogP contribution in [0.1, 0.15) is 54.2 Å². The lowest BCUT2D eigenvalue weighted by molar-refractivity contribution is -0.123. The number of aromatic nitrogens is 2. The minimum absolute atomic E-state index is 0.0811. The summed E-state index contributed by atoms with van der Waals surface area (Å²) in [7, 11) is 3.21. The van der Waals surface area contributed by atoms with E-state index in [2.05, 4.69) is 15.5 Å². The lowest BCUT2D eigenvalue weighted by Gasteiger charge is -2.37. The highest BCUT2D eigenvalue weighted by Crippen LogP contribution is 2.39. The summed E-state index contributed by atoms with van der Waals surface area (Å²) in [6.07, 6.45) is 4.20. The number of nitrogens with one attached hydrogen (secondary N) is 2. The molecule has 0 spiro atoms. The van der Waals surface area contributed by atoms with Gasteiger partial charge in [-0.2, -0.15) is 5.10 Å². The van der Waals surface area contributed by atoms with Gasteiger partial charge < -0.3 is 15.0 Å². The molecule has 1 unspecified atom stereocenters. The molecule has 1 aliphatic carbocycles. The highest BCUT2D eigenvalue weighted by atomic mass is 16.5. The van der Waals surface area contributed by atoms with Gasteiger partial charge in [0, 0.05) is 32.3 Å². The van der Waals surface area contributed by atoms with Crippen molar-refractivity contribution in [3.05, 3.63) is 17.5 Å². The number of hydrogen-bond donors (Lipinski definition) is 2. The molecule has 1 aliphatic heterocycles. The number of likely N-dealkylation sites (tertiary alicyclic amines) is 1. The van der Waals surface area contributed by atoms with Crippen LogP contribution in [0.5, 0.6) is 0 Å². The van der Waals surface area contributed by atoms with E-state index in [4.69, 9.17) is 4.74 Å². The fourth-order valence-corrected chi connectivity index (χ4v) is 3.48. The van der Waals surface area contributed by atoms with Gasteiger partial charge in [0.05, 0.1) is 18.6 Å². The van der Waals surface area contributed by atoms with Crippen LogP contribution in [0.4, 0.5) is 0 Å². The van der Waals surface area contributed by atoms with Crippen LogP contribution >= 0.6 is 0 Å². The van der Waals surface area contributed by atoms with Gasteiger partial charge in [0.25, 0.3) is 5.91 Å². The number of carbonyl (C=O) groups excluding carboxylic acids is 2. The molecule has 2 aliphatic rings. The Labute approximate surface area is 135 Å². The van der Waals surface area contributed by atoms with Gasteiger partial charge in [-0.25, -0.2) is 0 Å². The molecule has 7 nitrogen and oxygen atoms in total. The summed E-state index contributed by atoms with van der Waals surface area (Å²) >= 11 is 0. The maximum absolute atomic E-state index is 12.9. The zero-order valence-corrected chi connectivity index (χ0v) is 13.7. The predicted octanol–water partition coefficient (Wildman–Crippen LogP) is 1.04. The fraction of sp³-hybridized carbons (Fsp3) is 0.688. The summed E-state index contributed by atoms with van der Waals surface area (Å²) in [5.41, 5.74) is 0.896. The smallest absolute Gasteiger partial charge is 0.274 e. The molecule has 23 heavy (non-hydrogen) atoms. The molecular weight excluding hydrogens is 296 g/mol. The van der Waals surface area contributed by atoms with Gasteiger partial charge in [0.1, 0.15) is 5.69 Å². The van der Waals surface area contributed by atoms with Crippen molar-refractivity contribution in [2.24, 2.45) is 0 Å². The van der Waals surface area contributed by atoms with Crippen LogP contribution in [0.15, 0.2) is 6.07 Å². The number of carbonyl (C=O) groups is 2. The van der Waals surface area contributed by atoms with E-state index in [0.717, 1.165) is 31.4 Å². The number of amides is 2. The van der Waals surface area contributed by atoms with Gasteiger partial charge >= 0.3 is 0 Å². The largest absolute Gasteiger partial charge is 0.382 e. The van der Waals surface area contributed by atoms with Crippen LogP contribution < -0.4 is 5.32 Å². The number of aromatic amines is 1. The summed E-state index contributed by atoms with van der Waals surface area (Å²) in [5, 5.41) is 9.81. The summed E-state index contributed by atoms with van der Waals surface area (Å²) in [4.78, 5) is 26.6. The number of H-pyrrole nitrogens is 1. The zero-order chi connectivity index (χ0) is 16.4. The Balaban J connectivity index is 1.81. The van der Waals surface area contributed by atoms with Crippen LogP contribution in [0.3, 0.4) is 0 Å². The second kappa shape index (κ2) is 6.31. The minimum atomic E-state index is -0.579. The molecule has 0 aromatic carbocycles. The first-order chi connectivity index (χ1) is 11.1. The van der Waals surface area contributed by atoms with Crippen molar-refractivity contribution in [3.8, 4) is 0 Å². The Morgan fingerprint density at radius 2 is 2.30 bits per heavy atom. The topological polar surface area (TPSA) is 87.3 Å². The molecule has 2 fully saturated rings. The van der Waals surface area contributed by atoms with E-state index in [-0.39, 0.29) is 18.2 Å². The number of ether oxygens (including phenoxy) is 1. The molecular formula is C16H24N4O3. The molecule has 1 atom stereocenters. The highest BCUT2D eigenvalue weighted by molar-refractivity contribution is 5.93. The molecule has 0 radical (unpaired) electrons. The van der Waals surface area contributed by atoms with E-state index in [1.807, 2.05) is 6.07 Å². The number of hydrogen-bond acceptors (Lipinski definition) is 4. The lowest BCUT2D eigenvalue weighted by Crippen LogP contribution is -2.52. The zero-order valence-electron chi connectivity index (χ0n) is 13.7. The average Bonchev–Trinajstić information content (AvgIpc) is 3.13. The fourth-order valence-electron chi connectivity index (χ4n) is 3.48. The van der Waals surface area contributed by atoms with Gasteiger partial charge in [-0.3, -0.25) is 14.7 Å². The molecule has 2 heterocycles. The molecule has 7 heteroatoms. The first kappa shape index (κ1) is 16.0. The number of methoxy groups -OCH3 is 1. The molecule has 0 bridgehead atoms. The van der Waals surface area contributed by atoms with Crippen molar-refractivity contribution in [2.75, 3.05) is 27.3 Å². The Kier molecular flexibility index (Phi) is 4.39. The third kappa shape index (κ3) is 3.10. The van der Waals surface area contributed by atoms with Crippen molar-refractivity contribution in [1.82, 2.24) is 20.4 Å². The molecule has 1 saturated heterocycles. The Hall–Kier alpha value is -1.89. The summed E-state index contributed by atoms with van der Waals surface area (Å²) in [6.45, 7) is 0.983. The quantitative estimate of drug-likeness (QED) is 0.820. The third-order valence-corrected chi connectivity index (χ3v) is 4.86. The molecule has 1 aromatic rings. The van der Waals surface area contributed by atoms with E-state index in [1.54, 1.807) is 19.1 Å². The molecule has 3 rings (SSSR count). The normalized spacial score (nSPS) is 24.0. The van der Waals surface area contributed by atoms with Crippen molar-refractivity contribution in [1.29, 1.82) is 0 Å². The number of rotatable bonds is 6. The van der Waals surface area contributed by atoms with Crippen LogP contribution in [-0.2, 0) is 9.53 Å². The maximum Gasteiger partial charge on any atom is 0.274 e. The second-order valence-electron chi connectivity index (χ2n) is 6.55. The standard InChI is InChI=1S/C16H24N4O3/c1-17-14(21)9-16(10-23-2)6-3-7-20(16)15(22)13-8-12(18-19-13)11-4-5-11/h8,11H,3-7,9-10H2,1-2H3,(H,17,21)(H,18,19). The van der Waals surface area contributed by atoms with Crippen LogP contribution in [0.25, 0.3) is 0 Å². The maximum atomic E-state index is 12.9. The van der Waals surface area contributed by atoms with E-state index in [0.29, 0.717) is 24.8 Å². The molecule has 1 saturated carbocycles. The van der Waals surface area contributed by atoms with E-state index in [9.17, 15) is 9.59 Å². The first-order valence-electron chi connectivity index (χ1n) is 8.16. The molecule has 1 aromatic heterocycles. The SMILES string of the molecule is CNC(=O)CC1(COC)CCCN1C(=O)c1cc(C2CC2)[nH]n1. The molecule has 2 N–H and O–H groups in total. The number of nitrogens with zero attached hydrogens (tertiary/aromatic N) is 2. The average molecular weight is 320 g/mol. The summed E-state index contributed by atoms with van der Waals surface area (Å²) < 4.78 is 5.34. The molecule has 2 amide bonds. The predicted molar refractivity (Wildman–Crippen MR) is 84.1 cm³/mol. The van der Waals surface area contributed by atoms with Crippen molar-refractivity contribution >= 4 is 11.8 Å². The van der Waals surface area contributed by atoms with E-state index >= 15 is 0 Å². The third-order valence-electron chi connectivity index (χ3n) is 4.86. The Morgan fingerprint density at radius 1 is 1.52 bits per heavy atom. The van der Waals surface area contributed by atoms with Gasteiger partial charge in [-0.05, 0) is 31.7 Å².